The monoisotopic (exact) mass is 249 g/mol. The molecule has 2 aromatic rings. The van der Waals surface area contributed by atoms with Gasteiger partial charge in [-0.15, -0.1) is 5.10 Å². The second-order valence-corrected chi connectivity index (χ2v) is 4.80. The van der Waals surface area contributed by atoms with Gasteiger partial charge in [-0.1, -0.05) is 11.6 Å². The Morgan fingerprint density at radius 1 is 1.41 bits per heavy atom. The van der Waals surface area contributed by atoms with Gasteiger partial charge in [-0.3, -0.25) is 0 Å². The summed E-state index contributed by atoms with van der Waals surface area (Å²) in [5.74, 6) is 1.43. The fraction of sp³-hybridized carbons (Fsp3) is 0.364. The molecule has 17 heavy (non-hydrogen) atoms. The van der Waals surface area contributed by atoms with E-state index < -0.39 is 0 Å². The van der Waals surface area contributed by atoms with Gasteiger partial charge in [-0.2, -0.15) is 0 Å². The van der Waals surface area contributed by atoms with Gasteiger partial charge in [0, 0.05) is 22.8 Å². The standard InChI is InChI=1S/C11H12ClN5/c12-8-3-4-9(10(13)5-8)11-14-15-16-17(11)6-7-1-2-7/h3-5,7H,1-2,6,13H2. The fourth-order valence-electron chi connectivity index (χ4n) is 1.80. The molecule has 0 unspecified atom stereocenters. The highest BCUT2D eigenvalue weighted by Crippen LogP contribution is 2.32. The number of tetrazole rings is 1. The van der Waals surface area contributed by atoms with E-state index in [-0.39, 0.29) is 0 Å². The summed E-state index contributed by atoms with van der Waals surface area (Å²) in [6, 6.07) is 5.36. The Balaban J connectivity index is 1.99. The number of nitrogens with zero attached hydrogens (tertiary/aromatic N) is 4. The maximum atomic E-state index is 5.93. The predicted octanol–water partition coefficient (Wildman–Crippen LogP) is 1.99. The van der Waals surface area contributed by atoms with E-state index in [2.05, 4.69) is 15.5 Å². The largest absolute Gasteiger partial charge is 0.398 e. The maximum absolute atomic E-state index is 5.93. The van der Waals surface area contributed by atoms with Crippen LogP contribution in [0.1, 0.15) is 12.8 Å². The van der Waals surface area contributed by atoms with E-state index in [9.17, 15) is 0 Å². The summed E-state index contributed by atoms with van der Waals surface area (Å²) < 4.78 is 1.82. The average Bonchev–Trinajstić information content (AvgIpc) is 2.97. The molecule has 6 heteroatoms. The summed E-state index contributed by atoms with van der Waals surface area (Å²) in [4.78, 5) is 0. The first-order valence-corrected chi connectivity index (χ1v) is 5.93. The highest BCUT2D eigenvalue weighted by molar-refractivity contribution is 6.31. The number of benzene rings is 1. The van der Waals surface area contributed by atoms with Crippen LogP contribution in [0.4, 0.5) is 5.69 Å². The van der Waals surface area contributed by atoms with E-state index >= 15 is 0 Å². The highest BCUT2D eigenvalue weighted by Gasteiger charge is 2.24. The molecule has 1 heterocycles. The number of anilines is 1. The van der Waals surface area contributed by atoms with Gasteiger partial charge in [0.2, 0.25) is 0 Å². The van der Waals surface area contributed by atoms with Crippen LogP contribution in [0.15, 0.2) is 18.2 Å². The quantitative estimate of drug-likeness (QED) is 0.845. The normalized spacial score (nSPS) is 15.1. The Hall–Kier alpha value is -1.62. The van der Waals surface area contributed by atoms with Crippen LogP contribution in [-0.2, 0) is 6.54 Å². The van der Waals surface area contributed by atoms with E-state index in [4.69, 9.17) is 17.3 Å². The van der Waals surface area contributed by atoms with Crippen molar-refractivity contribution in [1.82, 2.24) is 20.2 Å². The Morgan fingerprint density at radius 3 is 2.94 bits per heavy atom. The van der Waals surface area contributed by atoms with Crippen LogP contribution in [0.3, 0.4) is 0 Å². The van der Waals surface area contributed by atoms with Crippen LogP contribution in [0.25, 0.3) is 11.4 Å². The minimum absolute atomic E-state index is 0.601. The summed E-state index contributed by atoms with van der Waals surface area (Å²) in [5, 5.41) is 12.4. The molecular formula is C11H12ClN5. The number of halogens is 1. The molecule has 0 radical (unpaired) electrons. The van der Waals surface area contributed by atoms with Crippen molar-refractivity contribution < 1.29 is 0 Å². The molecule has 1 aliphatic rings. The number of nitrogen functional groups attached to an aromatic ring is 1. The molecule has 5 nitrogen and oxygen atoms in total. The second kappa shape index (κ2) is 4.00. The fourth-order valence-corrected chi connectivity index (χ4v) is 1.98. The highest BCUT2D eigenvalue weighted by atomic mass is 35.5. The van der Waals surface area contributed by atoms with Crippen molar-refractivity contribution in [2.45, 2.75) is 19.4 Å². The molecule has 0 spiro atoms. The third-order valence-corrected chi connectivity index (χ3v) is 3.15. The first kappa shape index (κ1) is 10.5. The number of hydrogen-bond donors (Lipinski definition) is 1. The molecule has 0 amide bonds. The molecule has 1 saturated carbocycles. The van der Waals surface area contributed by atoms with Crippen LogP contribution in [0, 0.1) is 5.92 Å². The number of nitrogens with two attached hydrogens (primary N) is 1. The molecule has 0 saturated heterocycles. The molecule has 1 aromatic carbocycles. The lowest BCUT2D eigenvalue weighted by atomic mass is 10.1. The topological polar surface area (TPSA) is 69.6 Å². The number of aromatic nitrogens is 4. The van der Waals surface area contributed by atoms with Gasteiger partial charge in [0.25, 0.3) is 0 Å². The summed E-state index contributed by atoms with van der Waals surface area (Å²) in [6.45, 7) is 0.865. The first-order chi connectivity index (χ1) is 8.24. The van der Waals surface area contributed by atoms with Crippen molar-refractivity contribution in [3.63, 3.8) is 0 Å². The third-order valence-electron chi connectivity index (χ3n) is 2.91. The van der Waals surface area contributed by atoms with Crippen LogP contribution in [-0.4, -0.2) is 20.2 Å². The molecule has 3 rings (SSSR count). The van der Waals surface area contributed by atoms with Gasteiger partial charge in [0.1, 0.15) is 0 Å². The average molecular weight is 250 g/mol. The summed E-state index contributed by atoms with van der Waals surface area (Å²) in [5.41, 5.74) is 7.37. The van der Waals surface area contributed by atoms with Crippen LogP contribution >= 0.6 is 11.6 Å². The molecule has 88 valence electrons. The smallest absolute Gasteiger partial charge is 0.184 e. The van der Waals surface area contributed by atoms with Crippen LogP contribution in [0.2, 0.25) is 5.02 Å². The molecule has 1 aromatic heterocycles. The molecule has 0 bridgehead atoms. The lowest BCUT2D eigenvalue weighted by Crippen LogP contribution is -2.05. The zero-order valence-electron chi connectivity index (χ0n) is 9.17. The lowest BCUT2D eigenvalue weighted by molar-refractivity contribution is 0.548. The van der Waals surface area contributed by atoms with E-state index in [1.54, 1.807) is 12.1 Å². The van der Waals surface area contributed by atoms with Gasteiger partial charge >= 0.3 is 0 Å². The van der Waals surface area contributed by atoms with Gasteiger partial charge in [-0.25, -0.2) is 4.68 Å². The lowest BCUT2D eigenvalue weighted by Gasteiger charge is -2.06. The Labute approximate surface area is 104 Å². The van der Waals surface area contributed by atoms with E-state index in [0.717, 1.165) is 12.1 Å². The van der Waals surface area contributed by atoms with E-state index in [1.165, 1.54) is 12.8 Å². The summed E-state index contributed by atoms with van der Waals surface area (Å²) in [7, 11) is 0. The predicted molar refractivity (Wildman–Crippen MR) is 65.4 cm³/mol. The maximum Gasteiger partial charge on any atom is 0.184 e. The van der Waals surface area contributed by atoms with Crippen molar-refractivity contribution in [3.05, 3.63) is 23.2 Å². The van der Waals surface area contributed by atoms with Gasteiger partial charge in [0.05, 0.1) is 0 Å². The Bertz CT molecular complexity index is 547. The summed E-state index contributed by atoms with van der Waals surface area (Å²) in [6.07, 6.45) is 2.52. The van der Waals surface area contributed by atoms with Crippen molar-refractivity contribution in [3.8, 4) is 11.4 Å². The minimum atomic E-state index is 0.601. The zero-order valence-corrected chi connectivity index (χ0v) is 9.93. The number of rotatable bonds is 3. The van der Waals surface area contributed by atoms with Gasteiger partial charge < -0.3 is 5.73 Å². The molecular weight excluding hydrogens is 238 g/mol. The minimum Gasteiger partial charge on any atom is -0.398 e. The summed E-state index contributed by atoms with van der Waals surface area (Å²) >= 11 is 5.87. The van der Waals surface area contributed by atoms with Crippen LogP contribution < -0.4 is 5.73 Å². The second-order valence-electron chi connectivity index (χ2n) is 4.36. The molecule has 0 aliphatic heterocycles. The Morgan fingerprint density at radius 2 is 2.24 bits per heavy atom. The molecule has 2 N–H and O–H groups in total. The third kappa shape index (κ3) is 2.10. The SMILES string of the molecule is Nc1cc(Cl)ccc1-c1nnnn1CC1CC1. The van der Waals surface area contributed by atoms with Crippen molar-refractivity contribution in [2.24, 2.45) is 5.92 Å². The molecule has 0 atom stereocenters. The van der Waals surface area contributed by atoms with Crippen molar-refractivity contribution >= 4 is 17.3 Å². The van der Waals surface area contributed by atoms with Gasteiger partial charge in [0.15, 0.2) is 5.82 Å². The van der Waals surface area contributed by atoms with E-state index in [0.29, 0.717) is 22.5 Å². The number of hydrogen-bond acceptors (Lipinski definition) is 4. The Kier molecular flexibility index (Phi) is 2.48. The van der Waals surface area contributed by atoms with Gasteiger partial charge in [-0.05, 0) is 47.4 Å². The molecule has 1 aliphatic carbocycles. The van der Waals surface area contributed by atoms with Crippen LogP contribution in [0.5, 0.6) is 0 Å². The van der Waals surface area contributed by atoms with Crippen molar-refractivity contribution in [1.29, 1.82) is 0 Å². The van der Waals surface area contributed by atoms with Crippen molar-refractivity contribution in [2.75, 3.05) is 5.73 Å². The first-order valence-electron chi connectivity index (χ1n) is 5.55. The van der Waals surface area contributed by atoms with E-state index in [1.807, 2.05) is 10.7 Å². The molecule has 1 fully saturated rings. The zero-order chi connectivity index (χ0) is 11.8.